The predicted molar refractivity (Wildman–Crippen MR) is 73.4 cm³/mol. The fourth-order valence-electron chi connectivity index (χ4n) is 2.55. The molecule has 0 radical (unpaired) electrons. The molecule has 0 aromatic carbocycles. The fraction of sp³-hybridized carbons (Fsp3) is 0.643. The quantitative estimate of drug-likeness (QED) is 0.905. The Bertz CT molecular complexity index is 488. The molecule has 0 bridgehead atoms. The van der Waals surface area contributed by atoms with Crippen LogP contribution in [0.3, 0.4) is 0 Å². The Hall–Kier alpha value is -1.65. The molecule has 1 aliphatic rings. The number of carboxylic acids is 1. The van der Waals surface area contributed by atoms with E-state index >= 15 is 0 Å². The van der Waals surface area contributed by atoms with Crippen LogP contribution in [0.2, 0.25) is 0 Å². The Labute approximate surface area is 113 Å². The van der Waals surface area contributed by atoms with Crippen molar-refractivity contribution in [2.75, 3.05) is 11.4 Å². The molecule has 1 N–H and O–H groups in total. The molecule has 0 spiro atoms. The molecule has 104 valence electrons. The van der Waals surface area contributed by atoms with E-state index in [-0.39, 0.29) is 12.0 Å². The van der Waals surface area contributed by atoms with Gasteiger partial charge in [-0.15, -0.1) is 0 Å². The summed E-state index contributed by atoms with van der Waals surface area (Å²) in [4.78, 5) is 22.2. The van der Waals surface area contributed by atoms with Gasteiger partial charge in [0.1, 0.15) is 0 Å². The minimum absolute atomic E-state index is 0.0562. The highest BCUT2D eigenvalue weighted by Crippen LogP contribution is 2.28. The number of carbonyl (C=O) groups is 1. The van der Waals surface area contributed by atoms with Gasteiger partial charge in [-0.05, 0) is 32.3 Å². The maximum Gasteiger partial charge on any atom is 0.308 e. The van der Waals surface area contributed by atoms with Gasteiger partial charge in [-0.25, -0.2) is 9.97 Å². The van der Waals surface area contributed by atoms with Gasteiger partial charge in [-0.2, -0.15) is 0 Å². The van der Waals surface area contributed by atoms with Crippen molar-refractivity contribution in [3.8, 4) is 0 Å². The molecular weight excluding hydrogens is 242 g/mol. The monoisotopic (exact) mass is 263 g/mol. The molecule has 1 aromatic heterocycles. The largest absolute Gasteiger partial charge is 0.481 e. The summed E-state index contributed by atoms with van der Waals surface area (Å²) in [5, 5.41) is 9.18. The van der Waals surface area contributed by atoms with Crippen molar-refractivity contribution in [3.05, 3.63) is 17.5 Å². The number of aryl methyl sites for hydroxylation is 1. The van der Waals surface area contributed by atoms with Crippen molar-refractivity contribution in [1.29, 1.82) is 0 Å². The number of hydrogen-bond acceptors (Lipinski definition) is 4. The average molecular weight is 263 g/mol. The summed E-state index contributed by atoms with van der Waals surface area (Å²) in [6.45, 7) is 8.79. The molecule has 0 saturated carbocycles. The van der Waals surface area contributed by atoms with Crippen LogP contribution in [0.4, 0.5) is 5.95 Å². The number of carboxylic acid groups (broad SMARTS) is 1. The maximum absolute atomic E-state index is 11.2. The van der Waals surface area contributed by atoms with Crippen LogP contribution in [0.1, 0.15) is 44.5 Å². The Kier molecular flexibility index (Phi) is 3.73. The summed E-state index contributed by atoms with van der Waals surface area (Å²) in [6.07, 6.45) is 0.658. The third-order valence-corrected chi connectivity index (χ3v) is 3.78. The van der Waals surface area contributed by atoms with Crippen molar-refractivity contribution < 1.29 is 9.90 Å². The second-order valence-electron chi connectivity index (χ2n) is 5.56. The van der Waals surface area contributed by atoms with Crippen molar-refractivity contribution in [3.63, 3.8) is 0 Å². The first-order valence-corrected chi connectivity index (χ1v) is 6.75. The molecule has 5 nitrogen and oxygen atoms in total. The van der Waals surface area contributed by atoms with Gasteiger partial charge in [-0.3, -0.25) is 4.79 Å². The van der Waals surface area contributed by atoms with E-state index < -0.39 is 5.97 Å². The lowest BCUT2D eigenvalue weighted by molar-refractivity contribution is -0.141. The first kappa shape index (κ1) is 13.8. The SMILES string of the molecule is Cc1cc(C(C)C)nc(N2CCC(C(=O)O)C2C)n1. The molecule has 1 fully saturated rings. The third-order valence-electron chi connectivity index (χ3n) is 3.78. The summed E-state index contributed by atoms with van der Waals surface area (Å²) in [6, 6.07) is 1.93. The molecule has 2 heterocycles. The van der Waals surface area contributed by atoms with Crippen molar-refractivity contribution >= 4 is 11.9 Å². The lowest BCUT2D eigenvalue weighted by Crippen LogP contribution is -2.34. The first-order chi connectivity index (χ1) is 8.90. The Morgan fingerprint density at radius 3 is 2.68 bits per heavy atom. The van der Waals surface area contributed by atoms with Crippen LogP contribution >= 0.6 is 0 Å². The minimum atomic E-state index is -0.730. The highest BCUT2D eigenvalue weighted by Gasteiger charge is 2.37. The maximum atomic E-state index is 11.2. The van der Waals surface area contributed by atoms with Crippen molar-refractivity contribution in [2.24, 2.45) is 5.92 Å². The summed E-state index contributed by atoms with van der Waals surface area (Å²) in [5.74, 6) is -0.0491. The van der Waals surface area contributed by atoms with E-state index in [1.54, 1.807) is 0 Å². The van der Waals surface area contributed by atoms with Gasteiger partial charge in [0.05, 0.1) is 5.92 Å². The molecule has 1 saturated heterocycles. The van der Waals surface area contributed by atoms with Crippen LogP contribution in [0, 0.1) is 12.8 Å². The van der Waals surface area contributed by atoms with Crippen LogP contribution in [0.15, 0.2) is 6.07 Å². The summed E-state index contributed by atoms with van der Waals surface area (Å²) in [7, 11) is 0. The van der Waals surface area contributed by atoms with E-state index in [0.717, 1.165) is 11.4 Å². The Morgan fingerprint density at radius 2 is 2.16 bits per heavy atom. The number of hydrogen-bond donors (Lipinski definition) is 1. The molecule has 19 heavy (non-hydrogen) atoms. The Balaban J connectivity index is 2.30. The topological polar surface area (TPSA) is 66.3 Å². The number of aromatic nitrogens is 2. The van der Waals surface area contributed by atoms with Crippen LogP contribution in [-0.4, -0.2) is 33.6 Å². The summed E-state index contributed by atoms with van der Waals surface area (Å²) >= 11 is 0. The van der Waals surface area contributed by atoms with E-state index in [4.69, 9.17) is 0 Å². The number of rotatable bonds is 3. The minimum Gasteiger partial charge on any atom is -0.481 e. The van der Waals surface area contributed by atoms with Crippen LogP contribution in [-0.2, 0) is 4.79 Å². The first-order valence-electron chi connectivity index (χ1n) is 6.75. The number of anilines is 1. The molecule has 1 aliphatic heterocycles. The van der Waals surface area contributed by atoms with Gasteiger partial charge < -0.3 is 10.0 Å². The predicted octanol–water partition coefficient (Wildman–Crippen LogP) is 2.21. The molecule has 0 amide bonds. The van der Waals surface area contributed by atoms with Crippen molar-refractivity contribution in [1.82, 2.24) is 9.97 Å². The lowest BCUT2D eigenvalue weighted by Gasteiger charge is -2.24. The normalized spacial score (nSPS) is 23.1. The van der Waals surface area contributed by atoms with Gasteiger partial charge in [0.2, 0.25) is 5.95 Å². The van der Waals surface area contributed by atoms with E-state index in [1.165, 1.54) is 0 Å². The molecular formula is C14H21N3O2. The van der Waals surface area contributed by atoms with Gasteiger partial charge >= 0.3 is 5.97 Å². The zero-order valence-corrected chi connectivity index (χ0v) is 11.9. The molecule has 2 atom stereocenters. The lowest BCUT2D eigenvalue weighted by atomic mass is 10.0. The van der Waals surface area contributed by atoms with Crippen molar-refractivity contribution in [2.45, 2.75) is 46.1 Å². The third kappa shape index (κ3) is 2.69. The number of aliphatic carboxylic acids is 1. The molecule has 1 aromatic rings. The van der Waals surface area contributed by atoms with Gasteiger partial charge in [0, 0.05) is 24.0 Å². The zero-order valence-electron chi connectivity index (χ0n) is 11.9. The van der Waals surface area contributed by atoms with Gasteiger partial charge in [0.15, 0.2) is 0 Å². The second kappa shape index (κ2) is 5.15. The highest BCUT2D eigenvalue weighted by molar-refractivity contribution is 5.72. The van der Waals surface area contributed by atoms with E-state index in [0.29, 0.717) is 24.8 Å². The number of nitrogens with zero attached hydrogens (tertiary/aromatic N) is 3. The van der Waals surface area contributed by atoms with Gasteiger partial charge in [-0.1, -0.05) is 13.8 Å². The fourth-order valence-corrected chi connectivity index (χ4v) is 2.55. The van der Waals surface area contributed by atoms with E-state index in [1.807, 2.05) is 24.8 Å². The zero-order chi connectivity index (χ0) is 14.2. The second-order valence-corrected chi connectivity index (χ2v) is 5.56. The van der Waals surface area contributed by atoms with Crippen LogP contribution < -0.4 is 4.90 Å². The van der Waals surface area contributed by atoms with E-state index in [9.17, 15) is 9.90 Å². The van der Waals surface area contributed by atoms with Crippen LogP contribution in [0.25, 0.3) is 0 Å². The average Bonchev–Trinajstić information content (AvgIpc) is 2.70. The molecule has 5 heteroatoms. The molecule has 0 aliphatic carbocycles. The Morgan fingerprint density at radius 1 is 1.47 bits per heavy atom. The van der Waals surface area contributed by atoms with Crippen LogP contribution in [0.5, 0.6) is 0 Å². The summed E-state index contributed by atoms with van der Waals surface area (Å²) < 4.78 is 0. The standard InChI is InChI=1S/C14H21N3O2/c1-8(2)12-7-9(3)15-14(16-12)17-6-5-11(10(17)4)13(18)19/h7-8,10-11H,5-6H2,1-4H3,(H,18,19). The van der Waals surface area contributed by atoms with E-state index in [2.05, 4.69) is 23.8 Å². The smallest absolute Gasteiger partial charge is 0.308 e. The van der Waals surface area contributed by atoms with Gasteiger partial charge in [0.25, 0.3) is 0 Å². The molecule has 2 unspecified atom stereocenters. The summed E-state index contributed by atoms with van der Waals surface area (Å²) in [5.41, 5.74) is 1.94. The highest BCUT2D eigenvalue weighted by atomic mass is 16.4. The molecule has 2 rings (SSSR count).